The first-order chi connectivity index (χ1) is 9.34. The highest BCUT2D eigenvalue weighted by atomic mass is 16.6. The van der Waals surface area contributed by atoms with E-state index >= 15 is 0 Å². The number of hydrogen-bond donors (Lipinski definition) is 1. The smallest absolute Gasteiger partial charge is 0.173 e. The largest absolute Gasteiger partial charge is 0.409 e. The summed E-state index contributed by atoms with van der Waals surface area (Å²) in [6.45, 7) is 9.87. The molecule has 1 saturated heterocycles. The maximum absolute atomic E-state index is 11.8. The van der Waals surface area contributed by atoms with Crippen LogP contribution in [0.1, 0.15) is 56.5 Å². The van der Waals surface area contributed by atoms with Gasteiger partial charge in [0.25, 0.3) is 0 Å². The summed E-state index contributed by atoms with van der Waals surface area (Å²) >= 11 is 0. The fourth-order valence-electron chi connectivity index (χ4n) is 2.69. The summed E-state index contributed by atoms with van der Waals surface area (Å²) in [6, 6.07) is 3.81. The predicted molar refractivity (Wildman–Crippen MR) is 81.4 cm³/mol. The van der Waals surface area contributed by atoms with E-state index in [4.69, 9.17) is 10.7 Å². The van der Waals surface area contributed by atoms with Crippen molar-refractivity contribution in [3.63, 3.8) is 0 Å². The lowest BCUT2D eigenvalue weighted by molar-refractivity contribution is 0.101. The Morgan fingerprint density at radius 1 is 1.25 bits per heavy atom. The van der Waals surface area contributed by atoms with Crippen molar-refractivity contribution >= 4 is 11.5 Å². The summed E-state index contributed by atoms with van der Waals surface area (Å²) in [4.78, 5) is 19.3. The molecule has 1 heterocycles. The number of hydrogen-bond acceptors (Lipinski definition) is 4. The topological polar surface area (TPSA) is 55.6 Å². The summed E-state index contributed by atoms with van der Waals surface area (Å²) in [5, 5.41) is 0. The van der Waals surface area contributed by atoms with Crippen molar-refractivity contribution < 1.29 is 9.63 Å². The van der Waals surface area contributed by atoms with Crippen LogP contribution in [0.4, 0.5) is 5.69 Å². The van der Waals surface area contributed by atoms with E-state index in [9.17, 15) is 4.79 Å². The lowest BCUT2D eigenvalue weighted by Gasteiger charge is -2.28. The van der Waals surface area contributed by atoms with Gasteiger partial charge in [-0.2, -0.15) is 5.90 Å². The zero-order chi connectivity index (χ0) is 14.9. The van der Waals surface area contributed by atoms with Gasteiger partial charge in [-0.05, 0) is 37.3 Å². The van der Waals surface area contributed by atoms with Crippen molar-refractivity contribution in [2.24, 2.45) is 5.90 Å². The van der Waals surface area contributed by atoms with Gasteiger partial charge in [-0.1, -0.05) is 20.8 Å². The monoisotopic (exact) mass is 276 g/mol. The second kappa shape index (κ2) is 5.44. The highest BCUT2D eigenvalue weighted by Gasteiger charge is 2.27. The van der Waals surface area contributed by atoms with Crippen LogP contribution in [0.2, 0.25) is 0 Å². The van der Waals surface area contributed by atoms with Gasteiger partial charge in [-0.15, -0.1) is 0 Å². The molecule has 0 radical (unpaired) electrons. The van der Waals surface area contributed by atoms with Gasteiger partial charge in [0, 0.05) is 24.2 Å². The average Bonchev–Trinajstić information content (AvgIpc) is 2.89. The minimum atomic E-state index is -0.130. The van der Waals surface area contributed by atoms with Gasteiger partial charge in [-0.3, -0.25) is 4.79 Å². The second-order valence-corrected chi connectivity index (χ2v) is 6.49. The van der Waals surface area contributed by atoms with Crippen LogP contribution in [-0.2, 0) is 5.41 Å². The number of Topliss-reactive ketones (excluding diaryl/α,β-unsaturated/α-hetero) is 1. The zero-order valence-corrected chi connectivity index (χ0v) is 12.8. The van der Waals surface area contributed by atoms with E-state index in [1.165, 1.54) is 12.8 Å². The van der Waals surface area contributed by atoms with Gasteiger partial charge in [0.15, 0.2) is 11.5 Å². The molecular weight excluding hydrogens is 252 g/mol. The Labute approximate surface area is 120 Å². The highest BCUT2D eigenvalue weighted by Crippen LogP contribution is 2.40. The molecule has 1 aliphatic rings. The number of nitrogens with zero attached hydrogens (tertiary/aromatic N) is 1. The molecule has 0 bridgehead atoms. The molecule has 0 spiro atoms. The molecule has 4 heteroatoms. The third-order valence-electron chi connectivity index (χ3n) is 3.85. The van der Waals surface area contributed by atoms with E-state index in [1.807, 2.05) is 12.1 Å². The molecule has 1 aliphatic heterocycles. The minimum Gasteiger partial charge on any atom is -0.409 e. The maximum Gasteiger partial charge on any atom is 0.173 e. The normalized spacial score (nSPS) is 15.6. The molecule has 2 N–H and O–H groups in total. The van der Waals surface area contributed by atoms with E-state index in [2.05, 4.69) is 25.7 Å². The summed E-state index contributed by atoms with van der Waals surface area (Å²) < 4.78 is 0. The lowest BCUT2D eigenvalue weighted by Crippen LogP contribution is -2.23. The number of nitrogens with two attached hydrogens (primary N) is 1. The van der Waals surface area contributed by atoms with Crippen LogP contribution in [0.5, 0.6) is 5.75 Å². The molecule has 0 aliphatic carbocycles. The number of carbonyl (C=O) groups is 1. The Kier molecular flexibility index (Phi) is 4.04. The Bertz CT molecular complexity index is 512. The first-order valence-electron chi connectivity index (χ1n) is 7.15. The van der Waals surface area contributed by atoms with Crippen molar-refractivity contribution in [3.8, 4) is 5.75 Å². The van der Waals surface area contributed by atoms with Gasteiger partial charge in [0.1, 0.15) is 0 Å². The molecule has 1 fully saturated rings. The molecule has 20 heavy (non-hydrogen) atoms. The molecule has 2 rings (SSSR count). The Hall–Kier alpha value is -1.55. The van der Waals surface area contributed by atoms with Gasteiger partial charge in [-0.25, -0.2) is 0 Å². The van der Waals surface area contributed by atoms with Crippen LogP contribution < -0.4 is 15.6 Å². The molecule has 0 saturated carbocycles. The third kappa shape index (κ3) is 2.80. The Morgan fingerprint density at radius 3 is 2.30 bits per heavy atom. The first kappa shape index (κ1) is 14.9. The summed E-state index contributed by atoms with van der Waals surface area (Å²) in [5.74, 6) is 6.30. The molecule has 0 atom stereocenters. The number of rotatable bonds is 3. The van der Waals surface area contributed by atoms with Crippen molar-refractivity contribution in [2.45, 2.75) is 46.0 Å². The van der Waals surface area contributed by atoms with E-state index in [0.717, 1.165) is 29.9 Å². The summed E-state index contributed by atoms with van der Waals surface area (Å²) in [6.07, 6.45) is 2.33. The number of benzene rings is 1. The number of carbonyl (C=O) groups excluding carboxylic acids is 1. The minimum absolute atomic E-state index is 0.0690. The van der Waals surface area contributed by atoms with E-state index in [1.54, 1.807) is 6.92 Å². The standard InChI is InChI=1S/C16H24N2O2/c1-11(19)12-9-13(16(2,3)4)15(20-17)14(10-12)18-7-5-6-8-18/h9-10H,5-8,17H2,1-4H3. The van der Waals surface area contributed by atoms with Gasteiger partial charge >= 0.3 is 0 Å². The fraction of sp³-hybridized carbons (Fsp3) is 0.562. The molecule has 4 nitrogen and oxygen atoms in total. The van der Waals surface area contributed by atoms with Gasteiger partial charge in [0.2, 0.25) is 0 Å². The number of ketones is 1. The quantitative estimate of drug-likeness (QED) is 0.681. The zero-order valence-electron chi connectivity index (χ0n) is 12.8. The SMILES string of the molecule is CC(=O)c1cc(N2CCCC2)c(ON)c(C(C)(C)C)c1. The van der Waals surface area contributed by atoms with Gasteiger partial charge < -0.3 is 9.74 Å². The van der Waals surface area contributed by atoms with Crippen molar-refractivity contribution in [2.75, 3.05) is 18.0 Å². The molecular formula is C16H24N2O2. The predicted octanol–water partition coefficient (Wildman–Crippen LogP) is 3.04. The fourth-order valence-corrected chi connectivity index (χ4v) is 2.69. The van der Waals surface area contributed by atoms with E-state index < -0.39 is 0 Å². The molecule has 0 amide bonds. The lowest BCUT2D eigenvalue weighted by atomic mass is 9.84. The highest BCUT2D eigenvalue weighted by molar-refractivity contribution is 5.96. The summed E-state index contributed by atoms with van der Waals surface area (Å²) in [5.41, 5.74) is 2.52. The average molecular weight is 276 g/mol. The van der Waals surface area contributed by atoms with Crippen molar-refractivity contribution in [1.82, 2.24) is 0 Å². The van der Waals surface area contributed by atoms with Crippen LogP contribution in [0, 0.1) is 0 Å². The molecule has 1 aromatic carbocycles. The van der Waals surface area contributed by atoms with Crippen LogP contribution in [0.15, 0.2) is 12.1 Å². The van der Waals surface area contributed by atoms with Crippen LogP contribution >= 0.6 is 0 Å². The molecule has 110 valence electrons. The summed E-state index contributed by atoms with van der Waals surface area (Å²) in [7, 11) is 0. The third-order valence-corrected chi connectivity index (χ3v) is 3.85. The molecule has 0 aromatic heterocycles. The van der Waals surface area contributed by atoms with Crippen LogP contribution in [-0.4, -0.2) is 18.9 Å². The molecule has 1 aromatic rings. The van der Waals surface area contributed by atoms with E-state index in [-0.39, 0.29) is 11.2 Å². The maximum atomic E-state index is 11.8. The molecule has 0 unspecified atom stereocenters. The van der Waals surface area contributed by atoms with Crippen molar-refractivity contribution in [1.29, 1.82) is 0 Å². The Balaban J connectivity index is 2.63. The van der Waals surface area contributed by atoms with Crippen LogP contribution in [0.3, 0.4) is 0 Å². The van der Waals surface area contributed by atoms with Crippen molar-refractivity contribution in [3.05, 3.63) is 23.3 Å². The van der Waals surface area contributed by atoms with Crippen LogP contribution in [0.25, 0.3) is 0 Å². The number of anilines is 1. The Morgan fingerprint density at radius 2 is 1.85 bits per heavy atom. The van der Waals surface area contributed by atoms with E-state index in [0.29, 0.717) is 5.75 Å². The first-order valence-corrected chi connectivity index (χ1v) is 7.15. The second-order valence-electron chi connectivity index (χ2n) is 6.49. The van der Waals surface area contributed by atoms with Gasteiger partial charge in [0.05, 0.1) is 5.69 Å².